The lowest BCUT2D eigenvalue weighted by Crippen LogP contribution is -2.52. The third-order valence-corrected chi connectivity index (χ3v) is 5.66. The maximum Gasteiger partial charge on any atom is 0.242 e. The molecule has 1 aromatic heterocycles. The second kappa shape index (κ2) is 9.47. The average molecular weight is 381 g/mol. The zero-order chi connectivity index (χ0) is 19.1. The van der Waals surface area contributed by atoms with E-state index in [1.54, 1.807) is 6.07 Å². The van der Waals surface area contributed by atoms with Crippen molar-refractivity contribution < 1.29 is 4.79 Å². The van der Waals surface area contributed by atoms with Gasteiger partial charge in [0.15, 0.2) is 0 Å². The largest absolute Gasteiger partial charge is 0.315 e. The first-order valence-corrected chi connectivity index (χ1v) is 10.0. The molecule has 27 heavy (non-hydrogen) atoms. The van der Waals surface area contributed by atoms with Crippen molar-refractivity contribution in [2.45, 2.75) is 13.0 Å². The van der Waals surface area contributed by atoms with Crippen LogP contribution in [0.2, 0.25) is 0 Å². The Balaban J connectivity index is 1.45. The number of hydrogen-bond acceptors (Lipinski definition) is 5. The highest BCUT2D eigenvalue weighted by molar-refractivity contribution is 7.14. The topological polar surface area (TPSA) is 59.4 Å². The molecule has 2 aromatic rings. The smallest absolute Gasteiger partial charge is 0.242 e. The van der Waals surface area contributed by atoms with Gasteiger partial charge in [0.1, 0.15) is 11.1 Å². The van der Waals surface area contributed by atoms with Crippen LogP contribution in [0.4, 0.5) is 5.00 Å². The number of carbonyl (C=O) groups is 1. The highest BCUT2D eigenvalue weighted by Gasteiger charge is 2.25. The van der Waals surface area contributed by atoms with Gasteiger partial charge in [0.2, 0.25) is 5.91 Å². The van der Waals surface area contributed by atoms with E-state index < -0.39 is 0 Å². The Labute approximate surface area is 164 Å². The van der Waals surface area contributed by atoms with Crippen LogP contribution >= 0.6 is 11.3 Å². The number of benzene rings is 1. The van der Waals surface area contributed by atoms with Crippen molar-refractivity contribution >= 4 is 28.3 Å². The summed E-state index contributed by atoms with van der Waals surface area (Å²) in [5, 5.41) is 14.4. The van der Waals surface area contributed by atoms with E-state index in [4.69, 9.17) is 5.26 Å². The summed E-state index contributed by atoms with van der Waals surface area (Å²) >= 11 is 1.39. The Bertz CT molecular complexity index is 816. The number of hydrogen-bond donors (Lipinski definition) is 1. The third-order valence-electron chi connectivity index (χ3n) is 4.83. The Morgan fingerprint density at radius 2 is 2.00 bits per heavy atom. The second-order valence-electron chi connectivity index (χ2n) is 6.59. The highest BCUT2D eigenvalue weighted by Crippen LogP contribution is 2.22. The fourth-order valence-corrected chi connectivity index (χ4v) is 3.85. The Hall–Kier alpha value is -2.46. The quantitative estimate of drug-likeness (QED) is 0.836. The first-order chi connectivity index (χ1) is 13.2. The summed E-state index contributed by atoms with van der Waals surface area (Å²) in [5.41, 5.74) is 1.74. The lowest BCUT2D eigenvalue weighted by atomic mass is 10.2. The van der Waals surface area contributed by atoms with Crippen LogP contribution in [-0.2, 0) is 4.79 Å². The van der Waals surface area contributed by atoms with E-state index >= 15 is 0 Å². The molecule has 1 aliphatic heterocycles. The number of anilines is 1. The number of carbonyl (C=O) groups excluding carboxylic acids is 1. The molecule has 3 rings (SSSR count). The van der Waals surface area contributed by atoms with E-state index in [0.717, 1.165) is 32.7 Å². The van der Waals surface area contributed by atoms with Gasteiger partial charge in [-0.05, 0) is 23.9 Å². The molecule has 0 unspecified atom stereocenters. The molecule has 2 heterocycles. The molecule has 1 aromatic carbocycles. The number of amides is 1. The van der Waals surface area contributed by atoms with Crippen molar-refractivity contribution in [3.05, 3.63) is 59.0 Å². The lowest BCUT2D eigenvalue weighted by molar-refractivity contribution is -0.121. The number of nitrogens with zero attached hydrogens (tertiary/aromatic N) is 3. The minimum Gasteiger partial charge on any atom is -0.315 e. The van der Waals surface area contributed by atoms with Crippen LogP contribution in [0, 0.1) is 11.3 Å². The normalized spacial score (nSPS) is 16.9. The van der Waals surface area contributed by atoms with Gasteiger partial charge in [0.05, 0.1) is 11.6 Å². The van der Waals surface area contributed by atoms with Crippen molar-refractivity contribution in [2.24, 2.45) is 0 Å². The average Bonchev–Trinajstić information content (AvgIpc) is 3.16. The zero-order valence-electron chi connectivity index (χ0n) is 15.5. The summed E-state index contributed by atoms with van der Waals surface area (Å²) in [5.74, 6) is -0.0497. The van der Waals surface area contributed by atoms with Crippen molar-refractivity contribution in [1.29, 1.82) is 5.26 Å². The Morgan fingerprint density at radius 3 is 2.70 bits per heavy atom. The third kappa shape index (κ3) is 5.27. The van der Waals surface area contributed by atoms with Gasteiger partial charge in [0.25, 0.3) is 0 Å². The van der Waals surface area contributed by atoms with E-state index in [9.17, 15) is 4.79 Å². The van der Waals surface area contributed by atoms with Crippen LogP contribution < -0.4 is 5.32 Å². The van der Waals surface area contributed by atoms with Gasteiger partial charge in [0, 0.05) is 32.7 Å². The number of nitriles is 1. The number of piperazine rings is 1. The zero-order valence-corrected chi connectivity index (χ0v) is 16.3. The molecule has 1 aliphatic rings. The summed E-state index contributed by atoms with van der Waals surface area (Å²) in [6.45, 7) is 6.47. The minimum atomic E-state index is -0.208. The first-order valence-electron chi connectivity index (χ1n) is 9.14. The molecule has 1 N–H and O–H groups in total. The monoisotopic (exact) mass is 380 g/mol. The predicted octanol–water partition coefficient (Wildman–Crippen LogP) is 3.28. The van der Waals surface area contributed by atoms with Crippen molar-refractivity contribution in [3.63, 3.8) is 0 Å². The fourth-order valence-electron chi connectivity index (χ4n) is 3.11. The summed E-state index contributed by atoms with van der Waals surface area (Å²) in [4.78, 5) is 17.1. The SMILES string of the molecule is C[C@@H](C(=O)Nc1sccc1C#N)N1CCN(C/C=C/c2ccccc2)CC1. The summed E-state index contributed by atoms with van der Waals surface area (Å²) in [6.07, 6.45) is 4.34. The van der Waals surface area contributed by atoms with Gasteiger partial charge in [-0.1, -0.05) is 42.5 Å². The summed E-state index contributed by atoms with van der Waals surface area (Å²) in [7, 11) is 0. The van der Waals surface area contributed by atoms with E-state index in [1.165, 1.54) is 16.9 Å². The van der Waals surface area contributed by atoms with Crippen LogP contribution in [0.15, 0.2) is 47.9 Å². The fraction of sp³-hybridized carbons (Fsp3) is 0.333. The van der Waals surface area contributed by atoms with Crippen LogP contribution in [-0.4, -0.2) is 54.5 Å². The molecule has 0 saturated carbocycles. The van der Waals surface area contributed by atoms with E-state index in [2.05, 4.69) is 45.5 Å². The molecule has 6 heteroatoms. The molecular formula is C21H24N4OS. The molecule has 1 saturated heterocycles. The maximum atomic E-state index is 12.5. The van der Waals surface area contributed by atoms with Gasteiger partial charge in [-0.2, -0.15) is 5.26 Å². The minimum absolute atomic E-state index is 0.0497. The number of thiophene rings is 1. The van der Waals surface area contributed by atoms with Gasteiger partial charge in [-0.15, -0.1) is 11.3 Å². The molecule has 5 nitrogen and oxygen atoms in total. The second-order valence-corrected chi connectivity index (χ2v) is 7.51. The van der Waals surface area contributed by atoms with Crippen molar-refractivity contribution in [3.8, 4) is 6.07 Å². The van der Waals surface area contributed by atoms with E-state index in [0.29, 0.717) is 10.6 Å². The van der Waals surface area contributed by atoms with Crippen molar-refractivity contribution in [1.82, 2.24) is 9.80 Å². The molecule has 1 amide bonds. The van der Waals surface area contributed by atoms with Crippen LogP contribution in [0.5, 0.6) is 0 Å². The molecule has 0 bridgehead atoms. The van der Waals surface area contributed by atoms with Gasteiger partial charge in [-0.3, -0.25) is 14.6 Å². The van der Waals surface area contributed by atoms with Crippen LogP contribution in [0.25, 0.3) is 6.08 Å². The van der Waals surface area contributed by atoms with Gasteiger partial charge < -0.3 is 5.32 Å². The summed E-state index contributed by atoms with van der Waals surface area (Å²) < 4.78 is 0. The van der Waals surface area contributed by atoms with Crippen LogP contribution in [0.1, 0.15) is 18.1 Å². The molecular weight excluding hydrogens is 356 g/mol. The summed E-state index contributed by atoms with van der Waals surface area (Å²) in [6, 6.07) is 13.9. The van der Waals surface area contributed by atoms with E-state index in [-0.39, 0.29) is 11.9 Å². The van der Waals surface area contributed by atoms with Crippen molar-refractivity contribution in [2.75, 3.05) is 38.0 Å². The number of nitrogens with one attached hydrogen (secondary N) is 1. The molecule has 0 radical (unpaired) electrons. The standard InChI is InChI=1S/C21H24N4OS/c1-17(20(26)23-21-19(16-22)9-15-27-21)25-13-11-24(12-14-25)10-5-8-18-6-3-2-4-7-18/h2-9,15,17H,10-14H2,1H3,(H,23,26)/b8-5+/t17-/m0/s1. The number of rotatable bonds is 6. The maximum absolute atomic E-state index is 12.5. The van der Waals surface area contributed by atoms with Gasteiger partial charge >= 0.3 is 0 Å². The highest BCUT2D eigenvalue weighted by atomic mass is 32.1. The lowest BCUT2D eigenvalue weighted by Gasteiger charge is -2.36. The molecule has 1 fully saturated rings. The molecule has 0 spiro atoms. The first kappa shape index (κ1) is 19.3. The molecule has 0 aliphatic carbocycles. The predicted molar refractivity (Wildman–Crippen MR) is 111 cm³/mol. The van der Waals surface area contributed by atoms with Gasteiger partial charge in [-0.25, -0.2) is 0 Å². The molecule has 140 valence electrons. The molecule has 1 atom stereocenters. The van der Waals surface area contributed by atoms with Crippen LogP contribution in [0.3, 0.4) is 0 Å². The van der Waals surface area contributed by atoms with E-state index in [1.807, 2.05) is 30.5 Å². The Kier molecular flexibility index (Phi) is 6.77. The Morgan fingerprint density at radius 1 is 1.26 bits per heavy atom.